The fraction of sp³-hybridized carbons (Fsp3) is 0.111. The van der Waals surface area contributed by atoms with E-state index in [2.05, 4.69) is 15.0 Å². The van der Waals surface area contributed by atoms with Crippen LogP contribution in [0.4, 0.5) is 9.59 Å². The van der Waals surface area contributed by atoms with Crippen LogP contribution in [0.1, 0.15) is 5.56 Å². The molecule has 0 saturated heterocycles. The topological polar surface area (TPSA) is 88.3 Å². The molecule has 0 unspecified atom stereocenters. The van der Waals surface area contributed by atoms with Crippen LogP contribution in [-0.2, 0) is 9.26 Å². The fourth-order valence-electron chi connectivity index (χ4n) is 0.905. The highest BCUT2D eigenvalue weighted by molar-refractivity contribution is 6.47. The van der Waals surface area contributed by atoms with E-state index in [4.69, 9.17) is 28.3 Å². The number of carbonyl (C=O) groups is 2. The van der Waals surface area contributed by atoms with Gasteiger partial charge in [-0.2, -0.15) is 0 Å². The fourth-order valence-corrected chi connectivity index (χ4v) is 1.29. The molecule has 90 valence electrons. The lowest BCUT2D eigenvalue weighted by Gasteiger charge is -2.18. The van der Waals surface area contributed by atoms with Gasteiger partial charge in [-0.05, 0) is 0 Å². The Labute approximate surface area is 106 Å². The summed E-state index contributed by atoms with van der Waals surface area (Å²) >= 11 is 11.5. The third kappa shape index (κ3) is 4.38. The summed E-state index contributed by atoms with van der Waals surface area (Å²) in [6.45, 7) is 0. The Hall–Kier alpha value is -1.66. The van der Waals surface area contributed by atoms with E-state index in [-0.39, 0.29) is 0 Å². The maximum atomic E-state index is 11.0. The van der Waals surface area contributed by atoms with Crippen LogP contribution in [0.3, 0.4) is 0 Å². The van der Waals surface area contributed by atoms with Crippen molar-refractivity contribution in [3.63, 3.8) is 0 Å². The molecule has 2 amide bonds. The Bertz CT molecular complexity index is 448. The second kappa shape index (κ2) is 5.60. The zero-order valence-electron chi connectivity index (χ0n) is 8.21. The minimum absolute atomic E-state index is 0.308. The summed E-state index contributed by atoms with van der Waals surface area (Å²) < 4.78 is 2.59. The molecule has 1 aromatic carbocycles. The van der Waals surface area contributed by atoms with Crippen LogP contribution < -0.4 is 0 Å². The number of benzene rings is 1. The predicted octanol–water partition coefficient (Wildman–Crippen LogP) is 3.54. The van der Waals surface area contributed by atoms with Crippen LogP contribution in [0.2, 0.25) is 0 Å². The number of amides is 2. The second-order valence-electron chi connectivity index (χ2n) is 2.73. The summed E-state index contributed by atoms with van der Waals surface area (Å²) in [4.78, 5) is 21.0. The lowest BCUT2D eigenvalue weighted by molar-refractivity contribution is 0.122. The van der Waals surface area contributed by atoms with Crippen molar-refractivity contribution >= 4 is 35.4 Å². The van der Waals surface area contributed by atoms with E-state index in [9.17, 15) is 9.59 Å². The van der Waals surface area contributed by atoms with Crippen molar-refractivity contribution in [2.75, 3.05) is 0 Å². The SMILES string of the molecule is O=C(O)N=NC(=O)OC(Cl)(Cl)c1ccccc1. The van der Waals surface area contributed by atoms with Gasteiger partial charge in [-0.3, -0.25) is 0 Å². The average molecular weight is 277 g/mol. The van der Waals surface area contributed by atoms with E-state index in [1.54, 1.807) is 18.2 Å². The van der Waals surface area contributed by atoms with Crippen molar-refractivity contribution in [2.24, 2.45) is 10.2 Å². The summed E-state index contributed by atoms with van der Waals surface area (Å²) in [5, 5.41) is 13.4. The van der Waals surface area contributed by atoms with Crippen molar-refractivity contribution in [3.05, 3.63) is 35.9 Å². The van der Waals surface area contributed by atoms with Crippen molar-refractivity contribution in [2.45, 2.75) is 4.52 Å². The molecule has 0 aliphatic rings. The largest absolute Gasteiger partial charge is 0.462 e. The average Bonchev–Trinajstić information content (AvgIpc) is 2.27. The maximum absolute atomic E-state index is 11.0. The van der Waals surface area contributed by atoms with Gasteiger partial charge >= 0.3 is 12.2 Å². The van der Waals surface area contributed by atoms with Gasteiger partial charge in [-0.15, -0.1) is 0 Å². The second-order valence-corrected chi connectivity index (χ2v) is 3.99. The highest BCUT2D eigenvalue weighted by atomic mass is 35.5. The Kier molecular flexibility index (Phi) is 4.42. The molecule has 8 heteroatoms. The quantitative estimate of drug-likeness (QED) is 0.661. The van der Waals surface area contributed by atoms with Crippen molar-refractivity contribution in [1.82, 2.24) is 0 Å². The summed E-state index contributed by atoms with van der Waals surface area (Å²) in [5.41, 5.74) is 0.308. The van der Waals surface area contributed by atoms with Gasteiger partial charge in [0.15, 0.2) is 0 Å². The number of azo groups is 1. The highest BCUT2D eigenvalue weighted by Gasteiger charge is 2.31. The van der Waals surface area contributed by atoms with Gasteiger partial charge in [0.1, 0.15) is 0 Å². The van der Waals surface area contributed by atoms with E-state index < -0.39 is 16.7 Å². The molecule has 0 aromatic heterocycles. The third-order valence-corrected chi connectivity index (χ3v) is 2.13. The number of nitrogens with zero attached hydrogens (tertiary/aromatic N) is 2. The van der Waals surface area contributed by atoms with Crippen molar-refractivity contribution < 1.29 is 19.4 Å². The van der Waals surface area contributed by atoms with E-state index >= 15 is 0 Å². The summed E-state index contributed by atoms with van der Waals surface area (Å²) in [6, 6.07) is 8.06. The minimum Gasteiger partial charge on any atom is -0.462 e. The molecule has 1 aromatic rings. The maximum Gasteiger partial charge on any atom is 0.455 e. The zero-order valence-corrected chi connectivity index (χ0v) is 9.72. The number of alkyl halides is 2. The molecule has 0 aliphatic heterocycles. The van der Waals surface area contributed by atoms with Gasteiger partial charge in [0, 0.05) is 5.56 Å². The van der Waals surface area contributed by atoms with Crippen LogP contribution in [0, 0.1) is 0 Å². The first-order valence-electron chi connectivity index (χ1n) is 4.23. The normalized spacial score (nSPS) is 11.4. The molecule has 0 saturated carbocycles. The molecule has 0 fully saturated rings. The Balaban J connectivity index is 2.74. The number of halogens is 2. The molecule has 1 rings (SSSR count). The Morgan fingerprint density at radius 2 is 1.76 bits per heavy atom. The number of ether oxygens (including phenoxy) is 1. The van der Waals surface area contributed by atoms with Crippen LogP contribution in [0.15, 0.2) is 40.6 Å². The lowest BCUT2D eigenvalue weighted by atomic mass is 10.2. The van der Waals surface area contributed by atoms with Crippen LogP contribution in [0.25, 0.3) is 0 Å². The molecule has 0 spiro atoms. The molecule has 0 aliphatic carbocycles. The first-order valence-corrected chi connectivity index (χ1v) is 4.98. The molecule has 1 N–H and O–H groups in total. The molecule has 0 heterocycles. The molecule has 0 radical (unpaired) electrons. The van der Waals surface area contributed by atoms with Gasteiger partial charge < -0.3 is 9.84 Å². The first-order chi connectivity index (χ1) is 7.92. The van der Waals surface area contributed by atoms with Crippen LogP contribution in [0.5, 0.6) is 0 Å². The number of hydrogen-bond donors (Lipinski definition) is 1. The van der Waals surface area contributed by atoms with E-state index in [1.165, 1.54) is 12.1 Å². The summed E-state index contributed by atoms with van der Waals surface area (Å²) in [7, 11) is 0. The molecule has 17 heavy (non-hydrogen) atoms. The minimum atomic E-state index is -1.95. The van der Waals surface area contributed by atoms with Crippen molar-refractivity contribution in [3.8, 4) is 0 Å². The molecule has 0 atom stereocenters. The van der Waals surface area contributed by atoms with Gasteiger partial charge in [0.05, 0.1) is 0 Å². The number of carbonyl (C=O) groups excluding carboxylic acids is 1. The smallest absolute Gasteiger partial charge is 0.455 e. The zero-order chi connectivity index (χ0) is 12.9. The molecule has 6 nitrogen and oxygen atoms in total. The first kappa shape index (κ1) is 13.4. The van der Waals surface area contributed by atoms with Gasteiger partial charge in [0.2, 0.25) is 0 Å². The van der Waals surface area contributed by atoms with E-state index in [1.807, 2.05) is 0 Å². The molecule has 0 bridgehead atoms. The number of carboxylic acid groups (broad SMARTS) is 1. The third-order valence-electron chi connectivity index (χ3n) is 1.54. The van der Waals surface area contributed by atoms with Crippen LogP contribution >= 0.6 is 23.2 Å². The van der Waals surface area contributed by atoms with Gasteiger partial charge in [-0.1, -0.05) is 63.8 Å². The Morgan fingerprint density at radius 3 is 2.29 bits per heavy atom. The lowest BCUT2D eigenvalue weighted by Crippen LogP contribution is -2.18. The summed E-state index contributed by atoms with van der Waals surface area (Å²) in [6.07, 6.45) is -2.93. The molecular formula is C9H6Cl2N2O4. The van der Waals surface area contributed by atoms with Gasteiger partial charge in [-0.25, -0.2) is 9.59 Å². The van der Waals surface area contributed by atoms with E-state index in [0.29, 0.717) is 5.56 Å². The Morgan fingerprint density at radius 1 is 1.18 bits per heavy atom. The predicted molar refractivity (Wildman–Crippen MR) is 59.2 cm³/mol. The number of rotatable bonds is 2. The standard InChI is InChI=1S/C9H6Cl2N2O4/c10-9(11,6-4-2-1-3-5-6)17-8(16)13-12-7(14)15/h1-5H,(H,14,15). The molecular weight excluding hydrogens is 271 g/mol. The van der Waals surface area contributed by atoms with Crippen LogP contribution in [-0.4, -0.2) is 17.3 Å². The number of hydrogen-bond acceptors (Lipinski definition) is 3. The van der Waals surface area contributed by atoms with Gasteiger partial charge in [0.25, 0.3) is 4.52 Å². The monoisotopic (exact) mass is 276 g/mol. The highest BCUT2D eigenvalue weighted by Crippen LogP contribution is 2.35. The van der Waals surface area contributed by atoms with E-state index in [0.717, 1.165) is 0 Å². The summed E-state index contributed by atoms with van der Waals surface area (Å²) in [5.74, 6) is 0. The van der Waals surface area contributed by atoms with Crippen molar-refractivity contribution in [1.29, 1.82) is 0 Å².